The zero-order chi connectivity index (χ0) is 16.0. The molecule has 4 rings (SSSR count). The Bertz CT molecular complexity index is 928. The largest absolute Gasteiger partial charge is 0.417 e. The van der Waals surface area contributed by atoms with E-state index in [1.807, 2.05) is 18.0 Å². The van der Waals surface area contributed by atoms with Crippen molar-refractivity contribution < 1.29 is 8.81 Å². The molecule has 1 aromatic heterocycles. The predicted molar refractivity (Wildman–Crippen MR) is 87.5 cm³/mol. The average molecular weight is 312 g/mol. The van der Waals surface area contributed by atoms with Crippen LogP contribution in [0.15, 0.2) is 45.6 Å². The van der Waals surface area contributed by atoms with Gasteiger partial charge >= 0.3 is 5.76 Å². The number of nitrogens with one attached hydrogen (secondary N) is 1. The second-order valence-corrected chi connectivity index (χ2v) is 6.09. The van der Waals surface area contributed by atoms with Crippen molar-refractivity contribution in [1.29, 1.82) is 0 Å². The summed E-state index contributed by atoms with van der Waals surface area (Å²) in [5.74, 6) is -0.915. The molecule has 1 heterocycles. The lowest BCUT2D eigenvalue weighted by Crippen LogP contribution is -2.37. The Morgan fingerprint density at radius 1 is 1.26 bits per heavy atom. The van der Waals surface area contributed by atoms with Crippen molar-refractivity contribution in [2.45, 2.75) is 25.3 Å². The highest BCUT2D eigenvalue weighted by Crippen LogP contribution is 2.30. The first kappa shape index (κ1) is 14.1. The van der Waals surface area contributed by atoms with Crippen LogP contribution >= 0.6 is 0 Å². The molecule has 1 atom stereocenters. The van der Waals surface area contributed by atoms with Crippen LogP contribution in [0.2, 0.25) is 0 Å². The van der Waals surface area contributed by atoms with E-state index in [-0.39, 0.29) is 11.9 Å². The van der Waals surface area contributed by atoms with Gasteiger partial charge in [-0.3, -0.25) is 4.98 Å². The van der Waals surface area contributed by atoms with Crippen molar-refractivity contribution in [2.75, 3.05) is 11.9 Å². The number of halogens is 1. The Morgan fingerprint density at radius 2 is 2.04 bits per heavy atom. The van der Waals surface area contributed by atoms with Gasteiger partial charge in [-0.1, -0.05) is 24.3 Å². The summed E-state index contributed by atoms with van der Waals surface area (Å²) in [6.07, 6.45) is 2.86. The molecule has 0 saturated heterocycles. The van der Waals surface area contributed by atoms with Gasteiger partial charge in [0.15, 0.2) is 5.58 Å². The molecule has 5 heteroatoms. The Kier molecular flexibility index (Phi) is 3.22. The van der Waals surface area contributed by atoms with E-state index in [1.165, 1.54) is 17.2 Å². The molecule has 1 aliphatic carbocycles. The van der Waals surface area contributed by atoms with Gasteiger partial charge in [0.2, 0.25) is 0 Å². The van der Waals surface area contributed by atoms with E-state index in [1.54, 1.807) is 6.07 Å². The fourth-order valence-corrected chi connectivity index (χ4v) is 3.44. The monoisotopic (exact) mass is 312 g/mol. The highest BCUT2D eigenvalue weighted by molar-refractivity contribution is 5.77. The first-order chi connectivity index (χ1) is 11.1. The van der Waals surface area contributed by atoms with Crippen LogP contribution in [0, 0.1) is 5.82 Å². The third kappa shape index (κ3) is 2.42. The highest BCUT2D eigenvalue weighted by Gasteiger charge is 2.24. The number of aromatic amines is 1. The number of rotatable bonds is 2. The number of H-pyrrole nitrogens is 1. The predicted octanol–water partition coefficient (Wildman–Crippen LogP) is 3.25. The number of benzene rings is 2. The lowest BCUT2D eigenvalue weighted by Gasteiger charge is -2.34. The molecule has 0 saturated carbocycles. The number of likely N-dealkylation sites (N-methyl/N-ethyl adjacent to an activating group) is 1. The zero-order valence-electron chi connectivity index (χ0n) is 12.8. The summed E-state index contributed by atoms with van der Waals surface area (Å²) < 4.78 is 19.5. The Morgan fingerprint density at radius 3 is 2.87 bits per heavy atom. The smallest absolute Gasteiger partial charge is 0.408 e. The van der Waals surface area contributed by atoms with E-state index >= 15 is 0 Å². The molecule has 2 aromatic carbocycles. The number of hydrogen-bond donors (Lipinski definition) is 1. The molecule has 0 spiro atoms. The molecule has 0 radical (unpaired) electrons. The van der Waals surface area contributed by atoms with Crippen LogP contribution in [0.5, 0.6) is 0 Å². The van der Waals surface area contributed by atoms with Crippen LogP contribution in [0.25, 0.3) is 11.1 Å². The zero-order valence-corrected chi connectivity index (χ0v) is 12.8. The molecule has 1 unspecified atom stereocenters. The van der Waals surface area contributed by atoms with Gasteiger partial charge in [-0.15, -0.1) is 0 Å². The molecule has 4 nitrogen and oxygen atoms in total. The summed E-state index contributed by atoms with van der Waals surface area (Å²) in [6.45, 7) is 0. The highest BCUT2D eigenvalue weighted by atomic mass is 19.1. The maximum absolute atomic E-state index is 14.4. The van der Waals surface area contributed by atoms with Gasteiger partial charge in [0.25, 0.3) is 0 Å². The summed E-state index contributed by atoms with van der Waals surface area (Å²) in [5, 5.41) is 0. The summed E-state index contributed by atoms with van der Waals surface area (Å²) in [7, 11) is 1.90. The Balaban J connectivity index is 1.68. The van der Waals surface area contributed by atoms with Gasteiger partial charge in [-0.2, -0.15) is 0 Å². The summed E-state index contributed by atoms with van der Waals surface area (Å²) in [6, 6.07) is 11.5. The minimum Gasteiger partial charge on any atom is -0.408 e. The Hall–Kier alpha value is -2.56. The van der Waals surface area contributed by atoms with Crippen molar-refractivity contribution in [1.82, 2.24) is 4.98 Å². The minimum absolute atomic E-state index is 0.225. The molecule has 1 aliphatic rings. The summed E-state index contributed by atoms with van der Waals surface area (Å²) in [5.41, 5.74) is 3.94. The van der Waals surface area contributed by atoms with Gasteiger partial charge in [0, 0.05) is 25.2 Å². The standard InChI is InChI=1S/C18H17FN2O2/c1-21(13-7-6-11-4-2-3-5-12(11)8-13)16-10-17-15(9-14(16)19)20-18(22)23-17/h2-5,9-10,13H,6-8H2,1H3,(H,20,22). The normalized spacial score (nSPS) is 17.2. The second kappa shape index (κ2) is 5.26. The molecule has 0 bridgehead atoms. The number of fused-ring (bicyclic) bond motifs is 2. The number of nitrogens with zero attached hydrogens (tertiary/aromatic N) is 1. The van der Waals surface area contributed by atoms with Crippen LogP contribution in [0.4, 0.5) is 10.1 Å². The van der Waals surface area contributed by atoms with Crippen molar-refractivity contribution >= 4 is 16.8 Å². The molecular formula is C18H17FN2O2. The molecule has 0 aliphatic heterocycles. The van der Waals surface area contributed by atoms with Crippen molar-refractivity contribution in [2.24, 2.45) is 0 Å². The van der Waals surface area contributed by atoms with Crippen molar-refractivity contribution in [3.8, 4) is 0 Å². The van der Waals surface area contributed by atoms with E-state index in [0.29, 0.717) is 16.8 Å². The Labute approximate surface area is 132 Å². The number of hydrogen-bond acceptors (Lipinski definition) is 3. The third-order valence-corrected chi connectivity index (χ3v) is 4.74. The summed E-state index contributed by atoms with van der Waals surface area (Å²) >= 11 is 0. The van der Waals surface area contributed by atoms with E-state index < -0.39 is 5.76 Å². The van der Waals surface area contributed by atoms with Gasteiger partial charge in [0.1, 0.15) is 5.82 Å². The number of oxazole rings is 1. The van der Waals surface area contributed by atoms with Gasteiger partial charge < -0.3 is 9.32 Å². The van der Waals surface area contributed by atoms with E-state index in [2.05, 4.69) is 23.2 Å². The molecule has 0 fully saturated rings. The second-order valence-electron chi connectivity index (χ2n) is 6.09. The van der Waals surface area contributed by atoms with Gasteiger partial charge in [0.05, 0.1) is 11.2 Å². The maximum Gasteiger partial charge on any atom is 0.417 e. The minimum atomic E-state index is -0.564. The third-order valence-electron chi connectivity index (χ3n) is 4.74. The van der Waals surface area contributed by atoms with E-state index in [4.69, 9.17) is 4.42 Å². The van der Waals surface area contributed by atoms with E-state index in [9.17, 15) is 9.18 Å². The van der Waals surface area contributed by atoms with Gasteiger partial charge in [-0.25, -0.2) is 9.18 Å². The molecule has 118 valence electrons. The molecule has 3 aromatic rings. The molecule has 1 N–H and O–H groups in total. The molecular weight excluding hydrogens is 295 g/mol. The number of anilines is 1. The SMILES string of the molecule is CN(c1cc2oc(=O)[nH]c2cc1F)C1CCc2ccccc2C1. The number of aromatic nitrogens is 1. The lowest BCUT2D eigenvalue weighted by molar-refractivity contribution is 0.532. The summed E-state index contributed by atoms with van der Waals surface area (Å²) in [4.78, 5) is 15.7. The molecule has 0 amide bonds. The van der Waals surface area contributed by atoms with Gasteiger partial charge in [-0.05, 0) is 30.4 Å². The van der Waals surface area contributed by atoms with E-state index in [0.717, 1.165) is 19.3 Å². The van der Waals surface area contributed by atoms with Crippen LogP contribution in [-0.4, -0.2) is 18.1 Å². The van der Waals surface area contributed by atoms with Crippen LogP contribution in [0.1, 0.15) is 17.5 Å². The van der Waals surface area contributed by atoms with Crippen LogP contribution < -0.4 is 10.7 Å². The first-order valence-electron chi connectivity index (χ1n) is 7.74. The lowest BCUT2D eigenvalue weighted by atomic mass is 9.87. The quantitative estimate of drug-likeness (QED) is 0.790. The topological polar surface area (TPSA) is 49.2 Å². The fourth-order valence-electron chi connectivity index (χ4n) is 3.44. The molecule has 23 heavy (non-hydrogen) atoms. The first-order valence-corrected chi connectivity index (χ1v) is 7.74. The van der Waals surface area contributed by atoms with Crippen molar-refractivity contribution in [3.63, 3.8) is 0 Å². The van der Waals surface area contributed by atoms with Crippen LogP contribution in [-0.2, 0) is 12.8 Å². The average Bonchev–Trinajstić information content (AvgIpc) is 2.92. The maximum atomic E-state index is 14.4. The fraction of sp³-hybridized carbons (Fsp3) is 0.278. The van der Waals surface area contributed by atoms with Crippen molar-refractivity contribution in [3.05, 3.63) is 63.9 Å². The van der Waals surface area contributed by atoms with Crippen LogP contribution in [0.3, 0.4) is 0 Å². The number of aryl methyl sites for hydroxylation is 1.